The molecule has 1 aromatic carbocycles. The van der Waals surface area contributed by atoms with Gasteiger partial charge in [0.2, 0.25) is 5.88 Å². The minimum atomic E-state index is 0.427. The molecular weight excluding hydrogens is 316 g/mol. The summed E-state index contributed by atoms with van der Waals surface area (Å²) in [5, 5.41) is 3.39. The Bertz CT molecular complexity index is 543. The highest BCUT2D eigenvalue weighted by Gasteiger charge is 2.07. The van der Waals surface area contributed by atoms with Crippen LogP contribution in [0.4, 0.5) is 0 Å². The lowest BCUT2D eigenvalue weighted by Gasteiger charge is -2.13. The van der Waals surface area contributed by atoms with Gasteiger partial charge in [0.1, 0.15) is 6.61 Å². The van der Waals surface area contributed by atoms with Crippen molar-refractivity contribution in [2.24, 2.45) is 0 Å². The average molecular weight is 335 g/mol. The lowest BCUT2D eigenvalue weighted by molar-refractivity contribution is 0.289. The first-order valence-electron chi connectivity index (χ1n) is 6.69. The molecule has 3 nitrogen and oxygen atoms in total. The van der Waals surface area contributed by atoms with Crippen LogP contribution < -0.4 is 10.1 Å². The summed E-state index contributed by atoms with van der Waals surface area (Å²) in [6.45, 7) is 5.52. The Hall–Kier alpha value is -1.39. The average Bonchev–Trinajstić information content (AvgIpc) is 2.45. The molecule has 4 heteroatoms. The number of rotatable bonds is 6. The van der Waals surface area contributed by atoms with E-state index in [1.807, 2.05) is 36.4 Å². The summed E-state index contributed by atoms with van der Waals surface area (Å²) in [4.78, 5) is 4.36. The molecule has 0 saturated heterocycles. The van der Waals surface area contributed by atoms with Crippen LogP contribution in [0.1, 0.15) is 25.0 Å². The largest absolute Gasteiger partial charge is 0.473 e. The zero-order valence-electron chi connectivity index (χ0n) is 11.8. The Labute approximate surface area is 128 Å². The number of halogens is 1. The number of nitrogens with one attached hydrogen (secondary N) is 1. The lowest BCUT2D eigenvalue weighted by atomic mass is 10.2. The van der Waals surface area contributed by atoms with Crippen LogP contribution in [-0.4, -0.2) is 11.0 Å². The molecule has 0 unspecified atom stereocenters. The maximum absolute atomic E-state index is 5.84. The molecule has 0 aliphatic carbocycles. The smallest absolute Gasteiger partial charge is 0.218 e. The second-order valence-electron chi connectivity index (χ2n) is 4.93. The minimum absolute atomic E-state index is 0.427. The van der Waals surface area contributed by atoms with Crippen LogP contribution in [0.5, 0.6) is 5.88 Å². The van der Waals surface area contributed by atoms with Gasteiger partial charge in [-0.3, -0.25) is 0 Å². The van der Waals surface area contributed by atoms with Crippen molar-refractivity contribution in [1.82, 2.24) is 10.3 Å². The van der Waals surface area contributed by atoms with Gasteiger partial charge in [-0.05, 0) is 27.6 Å². The number of aromatic nitrogens is 1. The van der Waals surface area contributed by atoms with Crippen molar-refractivity contribution < 1.29 is 4.74 Å². The SMILES string of the molecule is CC(C)NCc1cc(Br)cnc1OCc1ccccc1. The molecule has 0 atom stereocenters. The van der Waals surface area contributed by atoms with Crippen molar-refractivity contribution in [3.05, 3.63) is 58.2 Å². The van der Waals surface area contributed by atoms with Gasteiger partial charge in [0.15, 0.2) is 0 Å². The number of hydrogen-bond acceptors (Lipinski definition) is 3. The van der Waals surface area contributed by atoms with Crippen LogP contribution in [0.25, 0.3) is 0 Å². The van der Waals surface area contributed by atoms with Crippen LogP contribution in [0.2, 0.25) is 0 Å². The van der Waals surface area contributed by atoms with Gasteiger partial charge >= 0.3 is 0 Å². The van der Waals surface area contributed by atoms with Gasteiger partial charge in [-0.2, -0.15) is 0 Å². The fourth-order valence-corrected chi connectivity index (χ4v) is 2.14. The van der Waals surface area contributed by atoms with Gasteiger partial charge in [-0.15, -0.1) is 0 Å². The quantitative estimate of drug-likeness (QED) is 0.869. The number of hydrogen-bond donors (Lipinski definition) is 1. The Kier molecular flexibility index (Phi) is 5.56. The first kappa shape index (κ1) is 15.0. The molecule has 0 radical (unpaired) electrons. The zero-order valence-corrected chi connectivity index (χ0v) is 13.4. The Morgan fingerprint density at radius 3 is 2.70 bits per heavy atom. The second-order valence-corrected chi connectivity index (χ2v) is 5.84. The van der Waals surface area contributed by atoms with Crippen LogP contribution >= 0.6 is 15.9 Å². The Morgan fingerprint density at radius 2 is 2.00 bits per heavy atom. The summed E-state index contributed by atoms with van der Waals surface area (Å²) in [7, 11) is 0. The van der Waals surface area contributed by atoms with E-state index < -0.39 is 0 Å². The highest BCUT2D eigenvalue weighted by atomic mass is 79.9. The van der Waals surface area contributed by atoms with E-state index in [0.717, 1.165) is 22.1 Å². The van der Waals surface area contributed by atoms with Crippen molar-refractivity contribution in [2.75, 3.05) is 0 Å². The maximum Gasteiger partial charge on any atom is 0.218 e. The molecule has 1 aromatic heterocycles. The molecule has 0 spiro atoms. The third-order valence-electron chi connectivity index (χ3n) is 2.81. The maximum atomic E-state index is 5.84. The summed E-state index contributed by atoms with van der Waals surface area (Å²) in [5.41, 5.74) is 2.20. The molecule has 0 aliphatic rings. The molecular formula is C16H19BrN2O. The fourth-order valence-electron chi connectivity index (χ4n) is 1.77. The predicted octanol–water partition coefficient (Wildman–Crippen LogP) is 3.92. The number of nitrogens with zero attached hydrogens (tertiary/aromatic N) is 1. The second kappa shape index (κ2) is 7.41. The lowest BCUT2D eigenvalue weighted by Crippen LogP contribution is -2.22. The summed E-state index contributed by atoms with van der Waals surface area (Å²) >= 11 is 3.45. The fraction of sp³-hybridized carbons (Fsp3) is 0.312. The van der Waals surface area contributed by atoms with Crippen molar-refractivity contribution in [1.29, 1.82) is 0 Å². The number of pyridine rings is 1. The first-order valence-corrected chi connectivity index (χ1v) is 7.49. The molecule has 2 aromatic rings. The van der Waals surface area contributed by atoms with Crippen molar-refractivity contribution in [2.45, 2.75) is 33.0 Å². The number of ether oxygens (including phenoxy) is 1. The molecule has 0 fully saturated rings. The molecule has 1 heterocycles. The molecule has 0 aliphatic heterocycles. The molecule has 2 rings (SSSR count). The van der Waals surface area contributed by atoms with Gasteiger partial charge in [0.25, 0.3) is 0 Å². The molecule has 0 saturated carbocycles. The monoisotopic (exact) mass is 334 g/mol. The van der Waals surface area contributed by atoms with E-state index in [-0.39, 0.29) is 0 Å². The summed E-state index contributed by atoms with van der Waals surface area (Å²) in [6, 6.07) is 12.6. The van der Waals surface area contributed by atoms with E-state index in [0.29, 0.717) is 18.5 Å². The summed E-state index contributed by atoms with van der Waals surface area (Å²) in [5.74, 6) is 0.685. The van der Waals surface area contributed by atoms with Gasteiger partial charge in [-0.1, -0.05) is 44.2 Å². The van der Waals surface area contributed by atoms with Crippen molar-refractivity contribution in [3.63, 3.8) is 0 Å². The van der Waals surface area contributed by atoms with E-state index in [1.54, 1.807) is 6.20 Å². The van der Waals surface area contributed by atoms with E-state index in [9.17, 15) is 0 Å². The van der Waals surface area contributed by atoms with E-state index in [1.165, 1.54) is 0 Å². The Balaban J connectivity index is 2.06. The predicted molar refractivity (Wildman–Crippen MR) is 84.7 cm³/mol. The normalized spacial score (nSPS) is 10.8. The van der Waals surface area contributed by atoms with E-state index >= 15 is 0 Å². The summed E-state index contributed by atoms with van der Waals surface area (Å²) in [6.07, 6.45) is 1.76. The van der Waals surface area contributed by atoms with Gasteiger partial charge < -0.3 is 10.1 Å². The highest BCUT2D eigenvalue weighted by Crippen LogP contribution is 2.21. The molecule has 0 bridgehead atoms. The topological polar surface area (TPSA) is 34.2 Å². The Morgan fingerprint density at radius 1 is 1.25 bits per heavy atom. The first-order chi connectivity index (χ1) is 9.65. The zero-order chi connectivity index (χ0) is 14.4. The van der Waals surface area contributed by atoms with Gasteiger partial charge in [0.05, 0.1) is 0 Å². The number of benzene rings is 1. The standard InChI is InChI=1S/C16H19BrN2O/c1-12(2)18-9-14-8-15(17)10-19-16(14)20-11-13-6-4-3-5-7-13/h3-8,10,12,18H,9,11H2,1-2H3. The van der Waals surface area contributed by atoms with Crippen molar-refractivity contribution in [3.8, 4) is 5.88 Å². The van der Waals surface area contributed by atoms with Crippen LogP contribution in [0.15, 0.2) is 47.1 Å². The van der Waals surface area contributed by atoms with Crippen LogP contribution in [0, 0.1) is 0 Å². The molecule has 106 valence electrons. The molecule has 20 heavy (non-hydrogen) atoms. The van der Waals surface area contributed by atoms with Gasteiger partial charge in [0, 0.05) is 28.8 Å². The highest BCUT2D eigenvalue weighted by molar-refractivity contribution is 9.10. The summed E-state index contributed by atoms with van der Waals surface area (Å²) < 4.78 is 6.80. The van der Waals surface area contributed by atoms with Crippen molar-refractivity contribution >= 4 is 15.9 Å². The van der Waals surface area contributed by atoms with Gasteiger partial charge in [-0.25, -0.2) is 4.98 Å². The minimum Gasteiger partial charge on any atom is -0.473 e. The molecule has 0 amide bonds. The van der Waals surface area contributed by atoms with E-state index in [4.69, 9.17) is 4.74 Å². The third kappa shape index (κ3) is 4.62. The molecule has 1 N–H and O–H groups in total. The van der Waals surface area contributed by atoms with Crippen LogP contribution in [0.3, 0.4) is 0 Å². The third-order valence-corrected chi connectivity index (χ3v) is 3.24. The van der Waals surface area contributed by atoms with E-state index in [2.05, 4.69) is 40.1 Å². The van der Waals surface area contributed by atoms with Crippen LogP contribution in [-0.2, 0) is 13.2 Å².